The molecule has 0 saturated carbocycles. The first-order valence-electron chi connectivity index (χ1n) is 8.77. The maximum absolute atomic E-state index is 6.52. The Morgan fingerprint density at radius 2 is 2.00 bits per heavy atom. The van der Waals surface area contributed by atoms with Crippen LogP contribution in [0.3, 0.4) is 0 Å². The predicted molar refractivity (Wildman–Crippen MR) is 104 cm³/mol. The van der Waals surface area contributed by atoms with Crippen LogP contribution in [0, 0.1) is 5.92 Å². The van der Waals surface area contributed by atoms with Crippen LogP contribution in [-0.4, -0.2) is 34.1 Å². The SMILES string of the molecule is Clc1ccc(C2C(COc3ccccc3)COC2Cn2cncn2)c(Cl)c1. The molecule has 1 saturated heterocycles. The van der Waals surface area contributed by atoms with Gasteiger partial charge in [-0.3, -0.25) is 4.68 Å². The summed E-state index contributed by atoms with van der Waals surface area (Å²) in [5.74, 6) is 1.08. The lowest BCUT2D eigenvalue weighted by molar-refractivity contribution is 0.0827. The minimum absolute atomic E-state index is 0.0719. The number of hydrogen-bond acceptors (Lipinski definition) is 4. The van der Waals surface area contributed by atoms with Crippen molar-refractivity contribution >= 4 is 23.2 Å². The van der Waals surface area contributed by atoms with Crippen LogP contribution in [0.4, 0.5) is 0 Å². The zero-order valence-electron chi connectivity index (χ0n) is 14.5. The third kappa shape index (κ3) is 4.26. The van der Waals surface area contributed by atoms with Crippen molar-refractivity contribution in [2.24, 2.45) is 5.92 Å². The molecule has 0 aliphatic carbocycles. The van der Waals surface area contributed by atoms with Gasteiger partial charge in [-0.25, -0.2) is 4.98 Å². The number of benzene rings is 2. The van der Waals surface area contributed by atoms with E-state index in [1.165, 1.54) is 6.33 Å². The van der Waals surface area contributed by atoms with Crippen molar-refractivity contribution in [2.75, 3.05) is 13.2 Å². The lowest BCUT2D eigenvalue weighted by Crippen LogP contribution is -2.27. The summed E-state index contributed by atoms with van der Waals surface area (Å²) < 4.78 is 13.9. The quantitative estimate of drug-likeness (QED) is 0.609. The molecule has 3 atom stereocenters. The van der Waals surface area contributed by atoms with Gasteiger partial charge >= 0.3 is 0 Å². The summed E-state index contributed by atoms with van der Waals surface area (Å²) in [6.07, 6.45) is 3.14. The van der Waals surface area contributed by atoms with Crippen LogP contribution in [-0.2, 0) is 11.3 Å². The molecule has 140 valence electrons. The van der Waals surface area contributed by atoms with Crippen molar-refractivity contribution in [3.8, 4) is 5.75 Å². The molecular weight excluding hydrogens is 385 g/mol. The summed E-state index contributed by atoms with van der Waals surface area (Å²) in [4.78, 5) is 4.01. The van der Waals surface area contributed by atoms with Crippen LogP contribution in [0.5, 0.6) is 5.75 Å². The highest BCUT2D eigenvalue weighted by atomic mass is 35.5. The minimum atomic E-state index is -0.0743. The predicted octanol–water partition coefficient (Wildman–Crippen LogP) is 4.46. The van der Waals surface area contributed by atoms with E-state index in [9.17, 15) is 0 Å². The zero-order valence-corrected chi connectivity index (χ0v) is 16.1. The molecule has 1 aromatic heterocycles. The van der Waals surface area contributed by atoms with Crippen LogP contribution in [0.15, 0.2) is 61.2 Å². The van der Waals surface area contributed by atoms with Gasteiger partial charge in [-0.05, 0) is 29.8 Å². The standard InChI is InChI=1S/C20H19Cl2N3O2/c21-15-6-7-17(18(22)8-15)20-14(10-26-16-4-2-1-3-5-16)11-27-19(20)9-25-13-23-12-24-25/h1-8,12-14,19-20H,9-11H2. The van der Waals surface area contributed by atoms with Crippen molar-refractivity contribution in [2.45, 2.75) is 18.6 Å². The molecule has 3 unspecified atom stereocenters. The molecule has 1 fully saturated rings. The van der Waals surface area contributed by atoms with Crippen molar-refractivity contribution in [1.82, 2.24) is 14.8 Å². The summed E-state index contributed by atoms with van der Waals surface area (Å²) in [5, 5.41) is 5.47. The fourth-order valence-electron chi connectivity index (χ4n) is 3.53. The van der Waals surface area contributed by atoms with Crippen molar-refractivity contribution in [3.05, 3.63) is 76.8 Å². The molecule has 7 heteroatoms. The van der Waals surface area contributed by atoms with E-state index >= 15 is 0 Å². The maximum Gasteiger partial charge on any atom is 0.137 e. The number of hydrogen-bond donors (Lipinski definition) is 0. The lowest BCUT2D eigenvalue weighted by atomic mass is 9.84. The molecule has 27 heavy (non-hydrogen) atoms. The molecule has 2 heterocycles. The maximum atomic E-state index is 6.52. The number of para-hydroxylation sites is 1. The molecule has 0 spiro atoms. The van der Waals surface area contributed by atoms with Gasteiger partial charge in [-0.1, -0.05) is 47.5 Å². The summed E-state index contributed by atoms with van der Waals surface area (Å²) in [6.45, 7) is 1.74. The average Bonchev–Trinajstić information content (AvgIpc) is 3.32. The fraction of sp³-hybridized carbons (Fsp3) is 0.300. The summed E-state index contributed by atoms with van der Waals surface area (Å²) >= 11 is 12.6. The van der Waals surface area contributed by atoms with Gasteiger partial charge in [0.05, 0.1) is 25.9 Å². The second-order valence-electron chi connectivity index (χ2n) is 6.57. The first-order chi connectivity index (χ1) is 13.2. The number of nitrogens with zero attached hydrogens (tertiary/aromatic N) is 3. The van der Waals surface area contributed by atoms with E-state index in [4.69, 9.17) is 32.7 Å². The van der Waals surface area contributed by atoms with Gasteiger partial charge in [0.2, 0.25) is 0 Å². The smallest absolute Gasteiger partial charge is 0.137 e. The third-order valence-corrected chi connectivity index (χ3v) is 5.36. The van der Waals surface area contributed by atoms with Gasteiger partial charge in [-0.15, -0.1) is 0 Å². The van der Waals surface area contributed by atoms with Crippen molar-refractivity contribution < 1.29 is 9.47 Å². The van der Waals surface area contributed by atoms with Gasteiger partial charge in [0.15, 0.2) is 0 Å². The van der Waals surface area contributed by atoms with Crippen LogP contribution in [0.25, 0.3) is 0 Å². The molecule has 4 rings (SSSR count). The summed E-state index contributed by atoms with van der Waals surface area (Å²) in [6, 6.07) is 15.4. The van der Waals surface area contributed by atoms with E-state index in [-0.39, 0.29) is 17.9 Å². The number of halogens is 2. The Kier molecular flexibility index (Phi) is 5.62. The number of ether oxygens (including phenoxy) is 2. The van der Waals surface area contributed by atoms with E-state index in [0.717, 1.165) is 11.3 Å². The molecular formula is C20H19Cl2N3O2. The summed E-state index contributed by atoms with van der Waals surface area (Å²) in [7, 11) is 0. The normalized spacial score (nSPS) is 22.1. The number of rotatable bonds is 6. The van der Waals surface area contributed by atoms with Crippen LogP contribution < -0.4 is 4.74 Å². The third-order valence-electron chi connectivity index (χ3n) is 4.80. The largest absolute Gasteiger partial charge is 0.493 e. The Morgan fingerprint density at radius 1 is 1.15 bits per heavy atom. The molecule has 2 aromatic carbocycles. The molecule has 0 radical (unpaired) electrons. The molecule has 1 aliphatic heterocycles. The van der Waals surface area contributed by atoms with Gasteiger partial charge in [0.1, 0.15) is 18.4 Å². The van der Waals surface area contributed by atoms with Crippen molar-refractivity contribution in [3.63, 3.8) is 0 Å². The van der Waals surface area contributed by atoms with E-state index in [1.54, 1.807) is 17.1 Å². The Balaban J connectivity index is 1.57. The van der Waals surface area contributed by atoms with Crippen LogP contribution >= 0.6 is 23.2 Å². The molecule has 0 N–H and O–H groups in total. The van der Waals surface area contributed by atoms with Gasteiger partial charge in [-0.2, -0.15) is 5.10 Å². The first kappa shape index (κ1) is 18.3. The van der Waals surface area contributed by atoms with E-state index in [2.05, 4.69) is 10.1 Å². The Labute approximate surface area is 167 Å². The van der Waals surface area contributed by atoms with E-state index < -0.39 is 0 Å². The lowest BCUT2D eigenvalue weighted by Gasteiger charge is -2.24. The average molecular weight is 404 g/mol. The van der Waals surface area contributed by atoms with Crippen molar-refractivity contribution in [1.29, 1.82) is 0 Å². The van der Waals surface area contributed by atoms with Crippen LogP contribution in [0.2, 0.25) is 10.0 Å². The monoisotopic (exact) mass is 403 g/mol. The molecule has 0 bridgehead atoms. The Morgan fingerprint density at radius 3 is 2.74 bits per heavy atom. The van der Waals surface area contributed by atoms with Crippen LogP contribution in [0.1, 0.15) is 11.5 Å². The van der Waals surface area contributed by atoms with Gasteiger partial charge in [0, 0.05) is 21.9 Å². The fourth-order valence-corrected chi connectivity index (χ4v) is 4.07. The zero-order chi connectivity index (χ0) is 18.6. The molecule has 0 amide bonds. The van der Waals surface area contributed by atoms with E-state index in [1.807, 2.05) is 42.5 Å². The Hall–Kier alpha value is -2.08. The highest BCUT2D eigenvalue weighted by Gasteiger charge is 2.40. The van der Waals surface area contributed by atoms with E-state index in [0.29, 0.717) is 29.8 Å². The minimum Gasteiger partial charge on any atom is -0.493 e. The second-order valence-corrected chi connectivity index (χ2v) is 7.41. The molecule has 3 aromatic rings. The number of aromatic nitrogens is 3. The second kappa shape index (κ2) is 8.30. The summed E-state index contributed by atoms with van der Waals surface area (Å²) in [5.41, 5.74) is 1.02. The Bertz CT molecular complexity index is 874. The topological polar surface area (TPSA) is 49.2 Å². The molecule has 1 aliphatic rings. The first-order valence-corrected chi connectivity index (χ1v) is 9.53. The molecule has 5 nitrogen and oxygen atoms in total. The highest BCUT2D eigenvalue weighted by Crippen LogP contribution is 2.41. The van der Waals surface area contributed by atoms with Gasteiger partial charge in [0.25, 0.3) is 0 Å². The van der Waals surface area contributed by atoms with Gasteiger partial charge < -0.3 is 9.47 Å². The highest BCUT2D eigenvalue weighted by molar-refractivity contribution is 6.35.